The Labute approximate surface area is 112 Å². The van der Waals surface area contributed by atoms with E-state index in [9.17, 15) is 4.39 Å². The Balaban J connectivity index is 2.36. The zero-order chi connectivity index (χ0) is 13.1. The van der Waals surface area contributed by atoms with Gasteiger partial charge in [-0.15, -0.1) is 0 Å². The van der Waals surface area contributed by atoms with E-state index in [0.717, 1.165) is 5.56 Å². The van der Waals surface area contributed by atoms with Crippen LogP contribution in [-0.4, -0.2) is 4.98 Å². The lowest BCUT2D eigenvalue weighted by atomic mass is 10.2. The van der Waals surface area contributed by atoms with Crippen LogP contribution in [0.25, 0.3) is 0 Å². The van der Waals surface area contributed by atoms with Crippen LogP contribution in [0.2, 0.25) is 0 Å². The molecule has 1 heterocycles. The van der Waals surface area contributed by atoms with Crippen molar-refractivity contribution in [3.8, 4) is 6.07 Å². The van der Waals surface area contributed by atoms with E-state index < -0.39 is 5.82 Å². The van der Waals surface area contributed by atoms with Crippen molar-refractivity contribution < 1.29 is 4.39 Å². The van der Waals surface area contributed by atoms with Crippen LogP contribution in [0.5, 0.6) is 0 Å². The number of hydrogen-bond donors (Lipinski definition) is 1. The second-order valence-corrected chi connectivity index (χ2v) is 4.57. The summed E-state index contributed by atoms with van der Waals surface area (Å²) in [5.74, 6) is -0.490. The molecule has 0 fully saturated rings. The molecule has 2 rings (SSSR count). The summed E-state index contributed by atoms with van der Waals surface area (Å²) in [6, 6.07) is 6.85. The van der Waals surface area contributed by atoms with Crippen LogP contribution in [0.4, 0.5) is 15.8 Å². The second-order valence-electron chi connectivity index (χ2n) is 3.78. The van der Waals surface area contributed by atoms with E-state index in [1.54, 1.807) is 18.5 Å². The van der Waals surface area contributed by atoms with Crippen molar-refractivity contribution in [1.82, 2.24) is 4.98 Å². The first kappa shape index (κ1) is 12.5. The van der Waals surface area contributed by atoms with Crippen molar-refractivity contribution in [2.24, 2.45) is 0 Å². The largest absolute Gasteiger partial charge is 0.352 e. The van der Waals surface area contributed by atoms with Crippen molar-refractivity contribution in [2.45, 2.75) is 6.92 Å². The Hall–Kier alpha value is -1.93. The maximum Gasteiger partial charge on any atom is 0.162 e. The molecule has 90 valence electrons. The van der Waals surface area contributed by atoms with Crippen molar-refractivity contribution in [2.75, 3.05) is 5.32 Å². The molecule has 0 unspecified atom stereocenters. The SMILES string of the molecule is Cc1cncc(Nc2ccc(C#N)c(Br)c2F)c1. The van der Waals surface area contributed by atoms with Crippen molar-refractivity contribution in [3.05, 3.63) is 52.0 Å². The van der Waals surface area contributed by atoms with E-state index in [-0.39, 0.29) is 10.0 Å². The molecule has 0 amide bonds. The van der Waals surface area contributed by atoms with E-state index >= 15 is 0 Å². The molecule has 0 saturated carbocycles. The van der Waals surface area contributed by atoms with Crippen molar-refractivity contribution in [3.63, 3.8) is 0 Å². The molecule has 0 radical (unpaired) electrons. The summed E-state index contributed by atoms with van der Waals surface area (Å²) >= 11 is 3.07. The van der Waals surface area contributed by atoms with Gasteiger partial charge < -0.3 is 5.32 Å². The van der Waals surface area contributed by atoms with Gasteiger partial charge in [0.2, 0.25) is 0 Å². The molecule has 0 aliphatic carbocycles. The van der Waals surface area contributed by atoms with Gasteiger partial charge >= 0.3 is 0 Å². The molecule has 0 saturated heterocycles. The van der Waals surface area contributed by atoms with Crippen molar-refractivity contribution in [1.29, 1.82) is 5.26 Å². The first-order valence-corrected chi connectivity index (χ1v) is 5.98. The molecule has 2 aromatic rings. The number of nitrogens with zero attached hydrogens (tertiary/aromatic N) is 2. The highest BCUT2D eigenvalue weighted by atomic mass is 79.9. The number of pyridine rings is 1. The van der Waals surface area contributed by atoms with Crippen LogP contribution in [0, 0.1) is 24.1 Å². The fourth-order valence-electron chi connectivity index (χ4n) is 1.51. The molecule has 18 heavy (non-hydrogen) atoms. The predicted molar refractivity (Wildman–Crippen MR) is 71.1 cm³/mol. The summed E-state index contributed by atoms with van der Waals surface area (Å²) in [4.78, 5) is 4.02. The molecular weight excluding hydrogens is 297 g/mol. The monoisotopic (exact) mass is 305 g/mol. The lowest BCUT2D eigenvalue weighted by Crippen LogP contribution is -1.97. The van der Waals surface area contributed by atoms with Crippen LogP contribution in [-0.2, 0) is 0 Å². The highest BCUT2D eigenvalue weighted by molar-refractivity contribution is 9.10. The molecular formula is C13H9BrFN3. The summed E-state index contributed by atoms with van der Waals surface area (Å²) < 4.78 is 14.1. The number of aromatic nitrogens is 1. The molecule has 3 nitrogen and oxygen atoms in total. The average Bonchev–Trinajstić information content (AvgIpc) is 2.35. The highest BCUT2D eigenvalue weighted by Gasteiger charge is 2.11. The minimum atomic E-state index is -0.490. The van der Waals surface area contributed by atoms with Gasteiger partial charge in [0.05, 0.1) is 27.6 Å². The minimum absolute atomic E-state index is 0.163. The zero-order valence-corrected chi connectivity index (χ0v) is 11.1. The summed E-state index contributed by atoms with van der Waals surface area (Å²) in [6.45, 7) is 1.91. The van der Waals surface area contributed by atoms with Gasteiger partial charge in [0.25, 0.3) is 0 Å². The number of nitrogens with one attached hydrogen (secondary N) is 1. The normalized spacial score (nSPS) is 9.89. The number of anilines is 2. The van der Waals surface area contributed by atoms with Gasteiger partial charge in [-0.25, -0.2) is 4.39 Å². The second kappa shape index (κ2) is 5.15. The van der Waals surface area contributed by atoms with Gasteiger partial charge in [0.15, 0.2) is 5.82 Å². The molecule has 1 aromatic heterocycles. The minimum Gasteiger partial charge on any atom is -0.352 e. The summed E-state index contributed by atoms with van der Waals surface area (Å²) in [5, 5.41) is 11.7. The van der Waals surface area contributed by atoms with Crippen LogP contribution < -0.4 is 5.32 Å². The van der Waals surface area contributed by atoms with E-state index in [1.165, 1.54) is 6.07 Å². The van der Waals surface area contributed by atoms with Gasteiger partial charge in [0, 0.05) is 6.20 Å². The third-order valence-electron chi connectivity index (χ3n) is 2.36. The molecule has 0 aliphatic heterocycles. The Morgan fingerprint density at radius 1 is 1.39 bits per heavy atom. The smallest absolute Gasteiger partial charge is 0.162 e. The summed E-state index contributed by atoms with van der Waals surface area (Å²) in [7, 11) is 0. The summed E-state index contributed by atoms with van der Waals surface area (Å²) in [6.07, 6.45) is 3.33. The molecule has 0 aliphatic rings. The van der Waals surface area contributed by atoms with Gasteiger partial charge in [-0.3, -0.25) is 4.98 Å². The van der Waals surface area contributed by atoms with Gasteiger partial charge in [-0.2, -0.15) is 5.26 Å². The molecule has 0 spiro atoms. The fraction of sp³-hybridized carbons (Fsp3) is 0.0769. The van der Waals surface area contributed by atoms with Crippen LogP contribution in [0.1, 0.15) is 11.1 Å². The third kappa shape index (κ3) is 2.49. The number of aryl methyl sites for hydroxylation is 1. The quantitative estimate of drug-likeness (QED) is 0.915. The maximum atomic E-state index is 14.0. The topological polar surface area (TPSA) is 48.7 Å². The van der Waals surface area contributed by atoms with E-state index in [0.29, 0.717) is 11.4 Å². The maximum absolute atomic E-state index is 14.0. The number of nitriles is 1. The Kier molecular flexibility index (Phi) is 3.58. The Morgan fingerprint density at radius 2 is 2.17 bits per heavy atom. The highest BCUT2D eigenvalue weighted by Crippen LogP contribution is 2.28. The molecule has 0 atom stereocenters. The van der Waals surface area contributed by atoms with Gasteiger partial charge in [-0.05, 0) is 46.6 Å². The Morgan fingerprint density at radius 3 is 2.83 bits per heavy atom. The molecule has 1 aromatic carbocycles. The predicted octanol–water partition coefficient (Wildman–Crippen LogP) is 3.91. The van der Waals surface area contributed by atoms with E-state index in [4.69, 9.17) is 5.26 Å². The third-order valence-corrected chi connectivity index (χ3v) is 3.13. The lowest BCUT2D eigenvalue weighted by Gasteiger charge is -2.09. The molecule has 5 heteroatoms. The van der Waals surface area contributed by atoms with Crippen LogP contribution in [0.15, 0.2) is 35.1 Å². The standard InChI is InChI=1S/C13H9BrFN3/c1-8-4-10(7-17-6-8)18-11-3-2-9(5-16)12(14)13(11)15/h2-4,6-7,18H,1H3. The molecule has 0 bridgehead atoms. The van der Waals surface area contributed by atoms with Crippen molar-refractivity contribution >= 4 is 27.3 Å². The number of rotatable bonds is 2. The number of hydrogen-bond acceptors (Lipinski definition) is 3. The van der Waals surface area contributed by atoms with Gasteiger partial charge in [-0.1, -0.05) is 0 Å². The molecule has 1 N–H and O–H groups in total. The van der Waals surface area contributed by atoms with Crippen LogP contribution in [0.3, 0.4) is 0 Å². The Bertz CT molecular complexity index is 635. The fourth-order valence-corrected chi connectivity index (χ4v) is 1.95. The number of benzene rings is 1. The van der Waals surface area contributed by atoms with Gasteiger partial charge in [0.1, 0.15) is 6.07 Å². The van der Waals surface area contributed by atoms with Crippen LogP contribution >= 0.6 is 15.9 Å². The zero-order valence-electron chi connectivity index (χ0n) is 9.54. The summed E-state index contributed by atoms with van der Waals surface area (Å²) in [5.41, 5.74) is 2.24. The lowest BCUT2D eigenvalue weighted by molar-refractivity contribution is 0.624. The first-order chi connectivity index (χ1) is 8.61. The van der Waals surface area contributed by atoms with E-state index in [1.807, 2.05) is 19.1 Å². The first-order valence-electron chi connectivity index (χ1n) is 5.18. The van der Waals surface area contributed by atoms with E-state index in [2.05, 4.69) is 26.2 Å². The number of halogens is 2. The average molecular weight is 306 g/mol.